The molecule has 144 valence electrons. The van der Waals surface area contributed by atoms with Gasteiger partial charge in [0.1, 0.15) is 12.4 Å². The fraction of sp³-hybridized carbons (Fsp3) is 0.333. The Morgan fingerprint density at radius 2 is 1.67 bits per heavy atom. The minimum absolute atomic E-state index is 0.0986. The molecule has 2 rings (SSSR count). The lowest BCUT2D eigenvalue weighted by atomic mass is 9.99. The van der Waals surface area contributed by atoms with Gasteiger partial charge < -0.3 is 19.9 Å². The molecule has 0 aromatic heterocycles. The number of alkyl carbamates (subject to hydrolysis) is 1. The molecular weight excluding hydrogens is 346 g/mol. The van der Waals surface area contributed by atoms with Gasteiger partial charge >= 0.3 is 12.1 Å². The Labute approximate surface area is 159 Å². The van der Waals surface area contributed by atoms with Gasteiger partial charge in [-0.1, -0.05) is 61.9 Å². The summed E-state index contributed by atoms with van der Waals surface area (Å²) in [5.41, 5.74) is 1.87. The molecular formula is C21H25NO5. The predicted molar refractivity (Wildman–Crippen MR) is 101 cm³/mol. The first-order valence-electron chi connectivity index (χ1n) is 8.80. The van der Waals surface area contributed by atoms with Crippen LogP contribution < -0.4 is 10.1 Å². The van der Waals surface area contributed by atoms with Crippen molar-refractivity contribution in [1.82, 2.24) is 5.32 Å². The summed E-state index contributed by atoms with van der Waals surface area (Å²) in [5, 5.41) is 12.9. The molecule has 0 aliphatic heterocycles. The van der Waals surface area contributed by atoms with Gasteiger partial charge in [0, 0.05) is 0 Å². The van der Waals surface area contributed by atoms with Crippen LogP contribution in [0.25, 0.3) is 0 Å². The van der Waals surface area contributed by atoms with Crippen molar-refractivity contribution in [3.63, 3.8) is 0 Å². The molecule has 6 nitrogen and oxygen atoms in total. The number of hydrogen-bond acceptors (Lipinski definition) is 5. The number of carbonyl (C=O) groups excluding carboxylic acids is 2. The van der Waals surface area contributed by atoms with Crippen molar-refractivity contribution in [2.45, 2.75) is 39.5 Å². The lowest BCUT2D eigenvalue weighted by Crippen LogP contribution is -2.51. The van der Waals surface area contributed by atoms with Crippen molar-refractivity contribution in [2.75, 3.05) is 0 Å². The molecule has 0 saturated heterocycles. The van der Waals surface area contributed by atoms with Gasteiger partial charge in [-0.05, 0) is 30.5 Å². The molecule has 0 bridgehead atoms. The zero-order chi connectivity index (χ0) is 19.8. The summed E-state index contributed by atoms with van der Waals surface area (Å²) in [7, 11) is 0. The SMILES string of the molecule is Cc1ccc(OC(=O)[C@H](O)[C@@H](NC(=O)OCc2ccccc2)C(C)C)cc1. The summed E-state index contributed by atoms with van der Waals surface area (Å²) in [4.78, 5) is 24.3. The number of hydrogen-bond donors (Lipinski definition) is 2. The molecule has 0 aliphatic carbocycles. The van der Waals surface area contributed by atoms with Gasteiger partial charge in [0.2, 0.25) is 0 Å². The van der Waals surface area contributed by atoms with E-state index in [1.54, 1.807) is 38.1 Å². The first-order valence-corrected chi connectivity index (χ1v) is 8.80. The molecule has 2 aromatic rings. The topological polar surface area (TPSA) is 84.9 Å². The normalized spacial score (nSPS) is 12.9. The highest BCUT2D eigenvalue weighted by atomic mass is 16.6. The second-order valence-corrected chi connectivity index (χ2v) is 6.65. The van der Waals surface area contributed by atoms with E-state index in [2.05, 4.69) is 5.32 Å². The van der Waals surface area contributed by atoms with Crippen molar-refractivity contribution in [3.8, 4) is 5.75 Å². The minimum atomic E-state index is -1.52. The largest absolute Gasteiger partial charge is 0.445 e. The number of carbonyl (C=O) groups is 2. The van der Waals surface area contributed by atoms with Gasteiger partial charge in [0.25, 0.3) is 0 Å². The minimum Gasteiger partial charge on any atom is -0.445 e. The van der Waals surface area contributed by atoms with Crippen LogP contribution in [0.4, 0.5) is 4.79 Å². The number of benzene rings is 2. The Bertz CT molecular complexity index is 743. The fourth-order valence-electron chi connectivity index (χ4n) is 2.44. The lowest BCUT2D eigenvalue weighted by Gasteiger charge is -2.25. The van der Waals surface area contributed by atoms with E-state index < -0.39 is 24.2 Å². The van der Waals surface area contributed by atoms with Crippen LogP contribution in [-0.2, 0) is 16.1 Å². The third kappa shape index (κ3) is 6.42. The third-order valence-electron chi connectivity index (χ3n) is 4.04. The maximum Gasteiger partial charge on any atom is 0.407 e. The Kier molecular flexibility index (Phi) is 7.37. The molecule has 1 amide bonds. The summed E-state index contributed by atoms with van der Waals surface area (Å²) in [6, 6.07) is 15.3. The summed E-state index contributed by atoms with van der Waals surface area (Å²) < 4.78 is 10.3. The van der Waals surface area contributed by atoms with E-state index in [1.165, 1.54) is 0 Å². The number of esters is 1. The standard InChI is InChI=1S/C21H25NO5/c1-14(2)18(22-21(25)26-13-16-7-5-4-6-8-16)19(23)20(24)27-17-11-9-15(3)10-12-17/h4-12,14,18-19,23H,13H2,1-3H3,(H,22,25)/t18-,19+/m0/s1. The Morgan fingerprint density at radius 1 is 1.04 bits per heavy atom. The van der Waals surface area contributed by atoms with Crippen LogP contribution in [0.15, 0.2) is 54.6 Å². The molecule has 2 aromatic carbocycles. The maximum absolute atomic E-state index is 12.2. The third-order valence-corrected chi connectivity index (χ3v) is 4.04. The highest BCUT2D eigenvalue weighted by Gasteiger charge is 2.32. The van der Waals surface area contributed by atoms with Crippen LogP contribution in [-0.4, -0.2) is 29.3 Å². The van der Waals surface area contributed by atoms with Crippen molar-refractivity contribution in [1.29, 1.82) is 0 Å². The molecule has 2 atom stereocenters. The Balaban J connectivity index is 1.93. The average molecular weight is 371 g/mol. The summed E-state index contributed by atoms with van der Waals surface area (Å²) >= 11 is 0. The lowest BCUT2D eigenvalue weighted by molar-refractivity contribution is -0.145. The van der Waals surface area contributed by atoms with Crippen LogP contribution in [0.3, 0.4) is 0 Å². The second-order valence-electron chi connectivity index (χ2n) is 6.65. The van der Waals surface area contributed by atoms with E-state index in [0.717, 1.165) is 11.1 Å². The van der Waals surface area contributed by atoms with Crippen molar-refractivity contribution >= 4 is 12.1 Å². The van der Waals surface area contributed by atoms with E-state index in [0.29, 0.717) is 5.75 Å². The van der Waals surface area contributed by atoms with Crippen molar-refractivity contribution < 1.29 is 24.2 Å². The van der Waals surface area contributed by atoms with Gasteiger partial charge in [0.05, 0.1) is 6.04 Å². The highest BCUT2D eigenvalue weighted by Crippen LogP contribution is 2.15. The maximum atomic E-state index is 12.2. The van der Waals surface area contributed by atoms with E-state index >= 15 is 0 Å². The highest BCUT2D eigenvalue weighted by molar-refractivity contribution is 5.79. The van der Waals surface area contributed by atoms with E-state index in [-0.39, 0.29) is 12.5 Å². The number of nitrogens with one attached hydrogen (secondary N) is 1. The summed E-state index contributed by atoms with van der Waals surface area (Å²) in [6.45, 7) is 5.58. The van der Waals surface area contributed by atoms with Gasteiger partial charge in [0.15, 0.2) is 6.10 Å². The van der Waals surface area contributed by atoms with Gasteiger partial charge in [-0.15, -0.1) is 0 Å². The molecule has 0 fully saturated rings. The van der Waals surface area contributed by atoms with Crippen molar-refractivity contribution in [3.05, 3.63) is 65.7 Å². The van der Waals surface area contributed by atoms with E-state index in [4.69, 9.17) is 9.47 Å². The van der Waals surface area contributed by atoms with E-state index in [1.807, 2.05) is 37.3 Å². The molecule has 27 heavy (non-hydrogen) atoms. The summed E-state index contributed by atoms with van der Waals surface area (Å²) in [6.07, 6.45) is -2.23. The van der Waals surface area contributed by atoms with E-state index in [9.17, 15) is 14.7 Å². The average Bonchev–Trinajstić information content (AvgIpc) is 2.66. The number of rotatable bonds is 7. The zero-order valence-corrected chi connectivity index (χ0v) is 15.7. The van der Waals surface area contributed by atoms with Crippen LogP contribution in [0, 0.1) is 12.8 Å². The van der Waals surface area contributed by atoms with Crippen LogP contribution in [0.2, 0.25) is 0 Å². The zero-order valence-electron chi connectivity index (χ0n) is 15.7. The molecule has 0 unspecified atom stereocenters. The molecule has 0 spiro atoms. The van der Waals surface area contributed by atoms with Gasteiger partial charge in [-0.3, -0.25) is 0 Å². The number of aliphatic hydroxyl groups is 1. The van der Waals surface area contributed by atoms with Crippen LogP contribution in [0.5, 0.6) is 5.75 Å². The fourth-order valence-corrected chi connectivity index (χ4v) is 2.44. The second kappa shape index (κ2) is 9.73. The Hall–Kier alpha value is -2.86. The first-order chi connectivity index (χ1) is 12.9. The monoisotopic (exact) mass is 371 g/mol. The van der Waals surface area contributed by atoms with Gasteiger partial charge in [-0.2, -0.15) is 0 Å². The smallest absolute Gasteiger partial charge is 0.407 e. The quantitative estimate of drug-likeness (QED) is 0.577. The van der Waals surface area contributed by atoms with Crippen LogP contribution in [0.1, 0.15) is 25.0 Å². The first kappa shape index (κ1) is 20.5. The van der Waals surface area contributed by atoms with Crippen molar-refractivity contribution in [2.24, 2.45) is 5.92 Å². The molecule has 0 aliphatic rings. The predicted octanol–water partition coefficient (Wildman–Crippen LogP) is 3.21. The molecule has 0 heterocycles. The van der Waals surface area contributed by atoms with Crippen LogP contribution >= 0.6 is 0 Å². The number of ether oxygens (including phenoxy) is 2. The molecule has 6 heteroatoms. The number of aliphatic hydroxyl groups excluding tert-OH is 1. The number of amides is 1. The molecule has 0 radical (unpaired) electrons. The summed E-state index contributed by atoms with van der Waals surface area (Å²) in [5.74, 6) is -0.713. The van der Waals surface area contributed by atoms with Gasteiger partial charge in [-0.25, -0.2) is 9.59 Å². The Morgan fingerprint density at radius 3 is 2.26 bits per heavy atom. The number of aryl methyl sites for hydroxylation is 1. The molecule has 2 N–H and O–H groups in total. The molecule has 0 saturated carbocycles.